The second-order valence-corrected chi connectivity index (χ2v) is 5.98. The summed E-state index contributed by atoms with van der Waals surface area (Å²) in [4.78, 5) is 16.8. The van der Waals surface area contributed by atoms with Crippen LogP contribution in [0.3, 0.4) is 0 Å². The number of ether oxygens (including phenoxy) is 1. The van der Waals surface area contributed by atoms with Gasteiger partial charge in [0, 0.05) is 30.5 Å². The van der Waals surface area contributed by atoms with E-state index in [1.165, 1.54) is 12.8 Å². The Morgan fingerprint density at radius 2 is 2.21 bits per heavy atom. The summed E-state index contributed by atoms with van der Waals surface area (Å²) in [6, 6.07) is 1.91. The van der Waals surface area contributed by atoms with Crippen LogP contribution in [0.5, 0.6) is 0 Å². The number of carbonyl (C=O) groups is 1. The van der Waals surface area contributed by atoms with Gasteiger partial charge in [-0.3, -0.25) is 9.78 Å². The van der Waals surface area contributed by atoms with Gasteiger partial charge in [0.05, 0.1) is 5.60 Å². The van der Waals surface area contributed by atoms with Crippen molar-refractivity contribution >= 4 is 5.78 Å². The average Bonchev–Trinajstić information content (AvgIpc) is 2.86. The van der Waals surface area contributed by atoms with E-state index >= 15 is 0 Å². The Bertz CT molecular complexity index is 477. The topological polar surface area (TPSA) is 39.2 Å². The second kappa shape index (κ2) is 5.04. The van der Waals surface area contributed by atoms with Crippen LogP contribution in [-0.2, 0) is 4.74 Å². The molecule has 3 nitrogen and oxygen atoms in total. The van der Waals surface area contributed by atoms with Crippen molar-refractivity contribution in [1.29, 1.82) is 0 Å². The van der Waals surface area contributed by atoms with Crippen molar-refractivity contribution in [3.63, 3.8) is 0 Å². The first-order chi connectivity index (χ1) is 9.20. The Hall–Kier alpha value is -1.22. The van der Waals surface area contributed by atoms with Crippen molar-refractivity contribution in [3.05, 3.63) is 29.6 Å². The summed E-state index contributed by atoms with van der Waals surface area (Å²) < 4.78 is 6.01. The lowest BCUT2D eigenvalue weighted by molar-refractivity contribution is -0.0866. The minimum atomic E-state index is 0.00862. The zero-order chi connectivity index (χ0) is 13.3. The maximum atomic E-state index is 12.7. The molecule has 3 heteroatoms. The molecule has 1 aromatic rings. The molecule has 1 saturated carbocycles. The van der Waals surface area contributed by atoms with Crippen LogP contribution in [0.15, 0.2) is 18.5 Å². The van der Waals surface area contributed by atoms with Crippen molar-refractivity contribution in [3.8, 4) is 0 Å². The molecule has 1 unspecified atom stereocenters. The molecule has 3 rings (SSSR count). The van der Waals surface area contributed by atoms with Gasteiger partial charge in [-0.1, -0.05) is 12.8 Å². The first-order valence-electron chi connectivity index (χ1n) is 7.29. The molecule has 2 heterocycles. The molecule has 1 saturated heterocycles. The Morgan fingerprint density at radius 3 is 2.95 bits per heavy atom. The Balaban J connectivity index is 1.78. The largest absolute Gasteiger partial charge is 0.375 e. The lowest BCUT2D eigenvalue weighted by atomic mass is 9.80. The maximum absolute atomic E-state index is 12.7. The summed E-state index contributed by atoms with van der Waals surface area (Å²) in [6.45, 7) is 2.72. The van der Waals surface area contributed by atoms with Gasteiger partial charge in [0.2, 0.25) is 0 Å². The molecular weight excluding hydrogens is 238 g/mol. The summed E-state index contributed by atoms with van der Waals surface area (Å²) in [7, 11) is 0. The quantitative estimate of drug-likeness (QED) is 0.765. The van der Waals surface area contributed by atoms with E-state index in [2.05, 4.69) is 4.98 Å². The highest BCUT2D eigenvalue weighted by atomic mass is 16.5. The van der Waals surface area contributed by atoms with Crippen molar-refractivity contribution in [1.82, 2.24) is 4.98 Å². The number of aromatic nitrogens is 1. The van der Waals surface area contributed by atoms with Gasteiger partial charge < -0.3 is 4.74 Å². The highest BCUT2D eigenvalue weighted by Crippen LogP contribution is 2.42. The van der Waals surface area contributed by atoms with Crippen LogP contribution >= 0.6 is 0 Å². The lowest BCUT2D eigenvalue weighted by Gasteiger charge is -2.37. The van der Waals surface area contributed by atoms with Gasteiger partial charge in [0.15, 0.2) is 5.78 Å². The highest BCUT2D eigenvalue weighted by molar-refractivity contribution is 5.98. The molecular formula is C16H21NO2. The molecule has 0 amide bonds. The van der Waals surface area contributed by atoms with Crippen molar-refractivity contribution in [2.45, 2.75) is 51.0 Å². The van der Waals surface area contributed by atoms with Crippen molar-refractivity contribution in [2.75, 3.05) is 6.61 Å². The van der Waals surface area contributed by atoms with Gasteiger partial charge in [-0.15, -0.1) is 0 Å². The van der Waals surface area contributed by atoms with E-state index in [1.54, 1.807) is 12.4 Å². The Morgan fingerprint density at radius 1 is 1.42 bits per heavy atom. The molecule has 102 valence electrons. The van der Waals surface area contributed by atoms with E-state index in [4.69, 9.17) is 4.74 Å². The molecule has 1 aromatic heterocycles. The summed E-state index contributed by atoms with van der Waals surface area (Å²) in [6.07, 6.45) is 9.96. The van der Waals surface area contributed by atoms with E-state index < -0.39 is 0 Å². The fourth-order valence-corrected chi connectivity index (χ4v) is 3.56. The van der Waals surface area contributed by atoms with Crippen molar-refractivity contribution < 1.29 is 9.53 Å². The Labute approximate surface area is 114 Å². The molecule has 0 aromatic carbocycles. The SMILES string of the molecule is Cc1ccncc1C(=O)C1CCOC2(CCCC2)C1. The third kappa shape index (κ3) is 2.44. The molecule has 0 radical (unpaired) electrons. The molecule has 19 heavy (non-hydrogen) atoms. The minimum Gasteiger partial charge on any atom is -0.375 e. The number of nitrogens with zero attached hydrogens (tertiary/aromatic N) is 1. The molecule has 1 aliphatic carbocycles. The number of aryl methyl sites for hydroxylation is 1. The molecule has 2 fully saturated rings. The summed E-state index contributed by atoms with van der Waals surface area (Å²) in [5.41, 5.74) is 1.84. The molecule has 0 N–H and O–H groups in total. The van der Waals surface area contributed by atoms with E-state index in [0.29, 0.717) is 0 Å². The van der Waals surface area contributed by atoms with Crippen molar-refractivity contribution in [2.24, 2.45) is 5.92 Å². The number of pyridine rings is 1. The van der Waals surface area contributed by atoms with Crippen LogP contribution in [0.4, 0.5) is 0 Å². The number of ketones is 1. The zero-order valence-corrected chi connectivity index (χ0v) is 11.5. The van der Waals surface area contributed by atoms with Crippen LogP contribution in [0.2, 0.25) is 0 Å². The Kier molecular flexibility index (Phi) is 3.40. The number of rotatable bonds is 2. The third-order valence-corrected chi connectivity index (χ3v) is 4.68. The van der Waals surface area contributed by atoms with Gasteiger partial charge in [-0.25, -0.2) is 0 Å². The van der Waals surface area contributed by atoms with Gasteiger partial charge in [0.25, 0.3) is 0 Å². The van der Waals surface area contributed by atoms with E-state index in [9.17, 15) is 4.79 Å². The van der Waals surface area contributed by atoms with Crippen LogP contribution in [0, 0.1) is 12.8 Å². The highest BCUT2D eigenvalue weighted by Gasteiger charge is 2.42. The molecule has 2 aliphatic rings. The smallest absolute Gasteiger partial charge is 0.167 e. The normalized spacial score (nSPS) is 25.6. The predicted octanol–water partition coefficient (Wildman–Crippen LogP) is 3.31. The monoisotopic (exact) mass is 259 g/mol. The summed E-state index contributed by atoms with van der Waals surface area (Å²) in [5, 5.41) is 0. The number of hydrogen-bond acceptors (Lipinski definition) is 3. The van der Waals surface area contributed by atoms with Gasteiger partial charge in [-0.2, -0.15) is 0 Å². The van der Waals surface area contributed by atoms with Gasteiger partial charge >= 0.3 is 0 Å². The van der Waals surface area contributed by atoms with Crippen LogP contribution < -0.4 is 0 Å². The standard InChI is InChI=1S/C16H21NO2/c1-12-4-8-17-11-14(12)15(18)13-5-9-19-16(10-13)6-2-3-7-16/h4,8,11,13H,2-3,5-7,9-10H2,1H3. The summed E-state index contributed by atoms with van der Waals surface area (Å²) >= 11 is 0. The second-order valence-electron chi connectivity index (χ2n) is 5.98. The number of carbonyl (C=O) groups excluding carboxylic acids is 1. The fraction of sp³-hybridized carbons (Fsp3) is 0.625. The van der Waals surface area contributed by atoms with E-state index in [1.807, 2.05) is 13.0 Å². The average molecular weight is 259 g/mol. The number of Topliss-reactive ketones (excluding diaryl/α,β-unsaturated/α-hetero) is 1. The van der Waals surface area contributed by atoms with Crippen LogP contribution in [-0.4, -0.2) is 23.0 Å². The van der Waals surface area contributed by atoms with E-state index in [-0.39, 0.29) is 17.3 Å². The molecule has 1 aliphatic heterocycles. The zero-order valence-electron chi connectivity index (χ0n) is 11.5. The molecule has 0 bridgehead atoms. The third-order valence-electron chi connectivity index (χ3n) is 4.68. The van der Waals surface area contributed by atoms with Crippen LogP contribution in [0.25, 0.3) is 0 Å². The molecule has 1 spiro atoms. The molecule has 1 atom stereocenters. The fourth-order valence-electron chi connectivity index (χ4n) is 3.56. The first kappa shape index (κ1) is 12.8. The minimum absolute atomic E-state index is 0.00862. The van der Waals surface area contributed by atoms with E-state index in [0.717, 1.165) is 43.4 Å². The van der Waals surface area contributed by atoms with Gasteiger partial charge in [0.1, 0.15) is 0 Å². The lowest BCUT2D eigenvalue weighted by Crippen LogP contribution is -2.39. The maximum Gasteiger partial charge on any atom is 0.167 e. The summed E-state index contributed by atoms with van der Waals surface area (Å²) in [5.74, 6) is 0.384. The van der Waals surface area contributed by atoms with Gasteiger partial charge in [-0.05, 0) is 44.2 Å². The predicted molar refractivity (Wildman–Crippen MR) is 73.2 cm³/mol. The van der Waals surface area contributed by atoms with Crippen LogP contribution in [0.1, 0.15) is 54.4 Å². The number of hydrogen-bond donors (Lipinski definition) is 0. The first-order valence-corrected chi connectivity index (χ1v) is 7.29.